The standard InChI is InChI=1S/C15H13FN2O3/c1-2-11-5-6-17-15(14(11)18-9-20)21-13-4-3-10(8-19)7-12(13)16/h2-7,9,19H,1,8H2,(H,18,20). The molecular weight excluding hydrogens is 275 g/mol. The van der Waals surface area contributed by atoms with Crippen molar-refractivity contribution in [3.8, 4) is 11.6 Å². The third-order valence-corrected chi connectivity index (χ3v) is 2.76. The number of amides is 1. The number of aromatic nitrogens is 1. The van der Waals surface area contributed by atoms with Gasteiger partial charge in [0.05, 0.1) is 6.61 Å². The van der Waals surface area contributed by atoms with Crippen molar-refractivity contribution >= 4 is 18.2 Å². The molecule has 108 valence electrons. The molecule has 2 N–H and O–H groups in total. The maximum atomic E-state index is 13.8. The van der Waals surface area contributed by atoms with Gasteiger partial charge in [-0.25, -0.2) is 9.37 Å². The van der Waals surface area contributed by atoms with Crippen molar-refractivity contribution in [2.45, 2.75) is 6.61 Å². The van der Waals surface area contributed by atoms with E-state index in [1.807, 2.05) is 0 Å². The van der Waals surface area contributed by atoms with Crippen LogP contribution in [-0.2, 0) is 11.4 Å². The highest BCUT2D eigenvalue weighted by Gasteiger charge is 2.12. The fourth-order valence-electron chi connectivity index (χ4n) is 1.74. The van der Waals surface area contributed by atoms with Crippen LogP contribution in [-0.4, -0.2) is 16.5 Å². The van der Waals surface area contributed by atoms with Gasteiger partial charge >= 0.3 is 0 Å². The summed E-state index contributed by atoms with van der Waals surface area (Å²) < 4.78 is 19.2. The maximum Gasteiger partial charge on any atom is 0.244 e. The fraction of sp³-hybridized carbons (Fsp3) is 0.0667. The molecule has 0 unspecified atom stereocenters. The number of hydrogen-bond donors (Lipinski definition) is 2. The first-order chi connectivity index (χ1) is 10.2. The Hall–Kier alpha value is -2.73. The van der Waals surface area contributed by atoms with Crippen LogP contribution in [0, 0.1) is 5.82 Å². The lowest BCUT2D eigenvalue weighted by Crippen LogP contribution is -2.02. The minimum Gasteiger partial charge on any atom is -0.434 e. The van der Waals surface area contributed by atoms with E-state index >= 15 is 0 Å². The number of nitrogens with one attached hydrogen (secondary N) is 1. The number of carbonyl (C=O) groups is 1. The zero-order chi connectivity index (χ0) is 15.2. The first-order valence-electron chi connectivity index (χ1n) is 6.08. The summed E-state index contributed by atoms with van der Waals surface area (Å²) >= 11 is 0. The second kappa shape index (κ2) is 6.62. The van der Waals surface area contributed by atoms with Gasteiger partial charge in [0.2, 0.25) is 12.3 Å². The number of ether oxygens (including phenoxy) is 1. The molecule has 1 aromatic carbocycles. The number of anilines is 1. The van der Waals surface area contributed by atoms with Gasteiger partial charge in [0.15, 0.2) is 11.6 Å². The Balaban J connectivity index is 2.39. The van der Waals surface area contributed by atoms with Gasteiger partial charge in [0.1, 0.15) is 5.69 Å². The lowest BCUT2D eigenvalue weighted by molar-refractivity contribution is -0.105. The Kier molecular flexibility index (Phi) is 4.63. The van der Waals surface area contributed by atoms with Crippen LogP contribution in [0.2, 0.25) is 0 Å². The molecule has 0 atom stereocenters. The lowest BCUT2D eigenvalue weighted by atomic mass is 10.2. The Morgan fingerprint density at radius 2 is 2.24 bits per heavy atom. The van der Waals surface area contributed by atoms with Crippen LogP contribution in [0.3, 0.4) is 0 Å². The summed E-state index contributed by atoms with van der Waals surface area (Å²) in [5.74, 6) is -0.644. The zero-order valence-electron chi connectivity index (χ0n) is 11.0. The molecule has 2 rings (SSSR count). The van der Waals surface area contributed by atoms with Crippen molar-refractivity contribution in [2.75, 3.05) is 5.32 Å². The van der Waals surface area contributed by atoms with Crippen molar-refractivity contribution < 1.29 is 19.0 Å². The van der Waals surface area contributed by atoms with E-state index < -0.39 is 5.82 Å². The van der Waals surface area contributed by atoms with Crippen LogP contribution >= 0.6 is 0 Å². The number of aliphatic hydroxyl groups is 1. The largest absolute Gasteiger partial charge is 0.434 e. The van der Waals surface area contributed by atoms with Crippen LogP contribution in [0.1, 0.15) is 11.1 Å². The van der Waals surface area contributed by atoms with E-state index in [1.165, 1.54) is 30.5 Å². The molecule has 0 saturated heterocycles. The SMILES string of the molecule is C=Cc1ccnc(Oc2ccc(CO)cc2F)c1NC=O. The van der Waals surface area contributed by atoms with E-state index in [-0.39, 0.29) is 18.2 Å². The topological polar surface area (TPSA) is 71.5 Å². The molecule has 1 aromatic heterocycles. The van der Waals surface area contributed by atoms with Crippen LogP contribution in [0.4, 0.5) is 10.1 Å². The summed E-state index contributed by atoms with van der Waals surface area (Å²) in [5, 5.41) is 11.4. The Labute approximate surface area is 120 Å². The molecule has 0 aliphatic rings. The zero-order valence-corrected chi connectivity index (χ0v) is 11.0. The van der Waals surface area contributed by atoms with Gasteiger partial charge in [0, 0.05) is 11.8 Å². The van der Waals surface area contributed by atoms with Crippen molar-refractivity contribution in [2.24, 2.45) is 0 Å². The predicted octanol–water partition coefficient (Wildman–Crippen LogP) is 2.72. The number of nitrogens with zero attached hydrogens (tertiary/aromatic N) is 1. The first-order valence-corrected chi connectivity index (χ1v) is 6.08. The second-order valence-electron chi connectivity index (χ2n) is 4.07. The van der Waals surface area contributed by atoms with E-state index in [0.717, 1.165) is 0 Å². The smallest absolute Gasteiger partial charge is 0.244 e. The first kappa shape index (κ1) is 14.7. The molecule has 0 radical (unpaired) electrons. The number of hydrogen-bond acceptors (Lipinski definition) is 4. The molecule has 0 aliphatic heterocycles. The van der Waals surface area contributed by atoms with E-state index in [4.69, 9.17) is 9.84 Å². The number of rotatable bonds is 6. The molecule has 2 aromatic rings. The van der Waals surface area contributed by atoms with Gasteiger partial charge in [-0.2, -0.15) is 0 Å². The Morgan fingerprint density at radius 1 is 1.43 bits per heavy atom. The normalized spacial score (nSPS) is 10.0. The molecule has 1 amide bonds. The van der Waals surface area contributed by atoms with Crippen molar-refractivity contribution in [3.05, 3.63) is 54.0 Å². The molecule has 21 heavy (non-hydrogen) atoms. The predicted molar refractivity (Wildman–Crippen MR) is 76.4 cm³/mol. The quantitative estimate of drug-likeness (QED) is 0.802. The lowest BCUT2D eigenvalue weighted by Gasteiger charge is -2.12. The van der Waals surface area contributed by atoms with Crippen molar-refractivity contribution in [1.29, 1.82) is 0 Å². The third-order valence-electron chi connectivity index (χ3n) is 2.76. The van der Waals surface area contributed by atoms with E-state index in [2.05, 4.69) is 16.9 Å². The molecule has 5 nitrogen and oxygen atoms in total. The second-order valence-corrected chi connectivity index (χ2v) is 4.07. The highest BCUT2D eigenvalue weighted by molar-refractivity contribution is 5.81. The summed E-state index contributed by atoms with van der Waals surface area (Å²) in [7, 11) is 0. The van der Waals surface area contributed by atoms with Gasteiger partial charge in [-0.15, -0.1) is 0 Å². The molecule has 0 bridgehead atoms. The molecule has 0 aliphatic carbocycles. The maximum absolute atomic E-state index is 13.8. The average molecular weight is 288 g/mol. The molecule has 0 fully saturated rings. The average Bonchev–Trinajstić information content (AvgIpc) is 2.51. The Bertz CT molecular complexity index is 674. The van der Waals surface area contributed by atoms with Gasteiger partial charge in [-0.3, -0.25) is 4.79 Å². The number of pyridine rings is 1. The van der Waals surface area contributed by atoms with Crippen LogP contribution in [0.15, 0.2) is 37.0 Å². The highest BCUT2D eigenvalue weighted by atomic mass is 19.1. The minimum atomic E-state index is -0.635. The van der Waals surface area contributed by atoms with Gasteiger partial charge in [-0.05, 0) is 23.8 Å². The highest BCUT2D eigenvalue weighted by Crippen LogP contribution is 2.32. The van der Waals surface area contributed by atoms with Crippen LogP contribution in [0.5, 0.6) is 11.6 Å². The van der Waals surface area contributed by atoms with E-state index in [0.29, 0.717) is 23.2 Å². The number of carbonyl (C=O) groups excluding carboxylic acids is 1. The van der Waals surface area contributed by atoms with Gasteiger partial charge in [-0.1, -0.05) is 18.7 Å². The molecule has 0 spiro atoms. The van der Waals surface area contributed by atoms with Crippen LogP contribution in [0.25, 0.3) is 6.08 Å². The molecule has 0 saturated carbocycles. The summed E-state index contributed by atoms with van der Waals surface area (Å²) in [6, 6.07) is 5.72. The fourth-order valence-corrected chi connectivity index (χ4v) is 1.74. The molecule has 1 heterocycles. The number of aliphatic hydroxyl groups excluding tert-OH is 1. The van der Waals surface area contributed by atoms with Crippen molar-refractivity contribution in [1.82, 2.24) is 4.98 Å². The minimum absolute atomic E-state index is 0.0511. The summed E-state index contributed by atoms with van der Waals surface area (Å²) in [5.41, 5.74) is 1.33. The molecule has 6 heteroatoms. The summed E-state index contributed by atoms with van der Waals surface area (Å²) in [4.78, 5) is 14.6. The monoisotopic (exact) mass is 288 g/mol. The number of benzene rings is 1. The summed E-state index contributed by atoms with van der Waals surface area (Å²) in [6.07, 6.45) is 3.45. The molecular formula is C15H13FN2O3. The third kappa shape index (κ3) is 3.24. The van der Waals surface area contributed by atoms with Gasteiger partial charge in [0.25, 0.3) is 0 Å². The summed E-state index contributed by atoms with van der Waals surface area (Å²) in [6.45, 7) is 3.36. The number of halogens is 1. The van der Waals surface area contributed by atoms with Crippen molar-refractivity contribution in [3.63, 3.8) is 0 Å². The Morgan fingerprint density at radius 3 is 2.86 bits per heavy atom. The van der Waals surface area contributed by atoms with E-state index in [1.54, 1.807) is 6.07 Å². The van der Waals surface area contributed by atoms with E-state index in [9.17, 15) is 9.18 Å². The van der Waals surface area contributed by atoms with Crippen LogP contribution < -0.4 is 10.1 Å². The van der Waals surface area contributed by atoms with Gasteiger partial charge < -0.3 is 15.2 Å².